The van der Waals surface area contributed by atoms with E-state index >= 15 is 0 Å². The van der Waals surface area contributed by atoms with Crippen molar-refractivity contribution in [2.24, 2.45) is 0 Å². The van der Waals surface area contributed by atoms with Gasteiger partial charge in [-0.25, -0.2) is 0 Å². The van der Waals surface area contributed by atoms with Crippen LogP contribution in [0, 0.1) is 6.92 Å². The van der Waals surface area contributed by atoms with Crippen molar-refractivity contribution in [3.05, 3.63) is 47.3 Å². The zero-order chi connectivity index (χ0) is 14.4. The van der Waals surface area contributed by atoms with Crippen molar-refractivity contribution >= 4 is 5.91 Å². The van der Waals surface area contributed by atoms with Gasteiger partial charge in [0.15, 0.2) is 0 Å². The van der Waals surface area contributed by atoms with E-state index < -0.39 is 0 Å². The zero-order valence-corrected chi connectivity index (χ0v) is 11.8. The largest absolute Gasteiger partial charge is 0.492 e. The minimum absolute atomic E-state index is 0.149. The van der Waals surface area contributed by atoms with E-state index in [1.807, 2.05) is 42.2 Å². The molecule has 0 bridgehead atoms. The van der Waals surface area contributed by atoms with Crippen LogP contribution >= 0.6 is 0 Å². The predicted octanol–water partition coefficient (Wildman–Crippen LogP) is 2.09. The monoisotopic (exact) mass is 284 g/mol. The number of aryl methyl sites for hydroxylation is 1. The summed E-state index contributed by atoms with van der Waals surface area (Å²) in [5.41, 5.74) is 1.95. The van der Waals surface area contributed by atoms with Crippen LogP contribution in [0.2, 0.25) is 0 Å². The van der Waals surface area contributed by atoms with Gasteiger partial charge in [0.2, 0.25) is 5.91 Å². The molecule has 1 unspecified atom stereocenters. The lowest BCUT2D eigenvalue weighted by Gasteiger charge is -2.39. The molecule has 0 N–H and O–H groups in total. The summed E-state index contributed by atoms with van der Waals surface area (Å²) in [4.78, 5) is 14.5. The van der Waals surface area contributed by atoms with Crippen molar-refractivity contribution in [1.82, 2.24) is 10.1 Å². The summed E-state index contributed by atoms with van der Waals surface area (Å²) in [5.74, 6) is 1.93. The molecule has 0 radical (unpaired) electrons. The van der Waals surface area contributed by atoms with E-state index in [1.165, 1.54) is 0 Å². The van der Waals surface area contributed by atoms with Crippen LogP contribution in [0.5, 0.6) is 5.75 Å². The van der Waals surface area contributed by atoms with E-state index in [0.717, 1.165) is 22.8 Å². The number of ether oxygens (including phenoxy) is 1. The lowest BCUT2D eigenvalue weighted by molar-refractivity contribution is -0.137. The molecule has 1 amide bonds. The van der Waals surface area contributed by atoms with Gasteiger partial charge in [0.05, 0.1) is 5.69 Å². The van der Waals surface area contributed by atoms with Crippen LogP contribution in [0.4, 0.5) is 0 Å². The van der Waals surface area contributed by atoms with Crippen molar-refractivity contribution in [1.29, 1.82) is 0 Å². The third kappa shape index (κ3) is 2.00. The van der Waals surface area contributed by atoms with E-state index in [9.17, 15) is 4.79 Å². The van der Waals surface area contributed by atoms with Crippen molar-refractivity contribution in [3.63, 3.8) is 0 Å². The number of aromatic nitrogens is 1. The SMILES string of the molecule is Cc1cc(C2CN(C(=O)C3COc4ccccc43)C2)no1. The molecule has 108 valence electrons. The van der Waals surface area contributed by atoms with Crippen LogP contribution in [0.1, 0.15) is 28.9 Å². The summed E-state index contributed by atoms with van der Waals surface area (Å²) in [6.45, 7) is 3.75. The van der Waals surface area contributed by atoms with E-state index in [4.69, 9.17) is 9.26 Å². The highest BCUT2D eigenvalue weighted by atomic mass is 16.5. The average Bonchev–Trinajstić information content (AvgIpc) is 3.03. The Kier molecular flexibility index (Phi) is 2.74. The molecule has 2 aromatic rings. The van der Waals surface area contributed by atoms with Crippen LogP contribution < -0.4 is 4.74 Å². The molecule has 3 heterocycles. The normalized spacial score (nSPS) is 20.8. The molecule has 1 aromatic carbocycles. The van der Waals surface area contributed by atoms with Crippen LogP contribution in [-0.4, -0.2) is 35.7 Å². The zero-order valence-electron chi connectivity index (χ0n) is 11.8. The van der Waals surface area contributed by atoms with E-state index in [1.54, 1.807) is 0 Å². The van der Waals surface area contributed by atoms with Gasteiger partial charge in [0.25, 0.3) is 0 Å². The number of hydrogen-bond donors (Lipinski definition) is 0. The highest BCUT2D eigenvalue weighted by molar-refractivity contribution is 5.86. The van der Waals surface area contributed by atoms with Crippen molar-refractivity contribution in [3.8, 4) is 5.75 Å². The molecule has 1 atom stereocenters. The number of benzene rings is 1. The van der Waals surface area contributed by atoms with Gasteiger partial charge >= 0.3 is 0 Å². The van der Waals surface area contributed by atoms with Gasteiger partial charge in [0, 0.05) is 30.6 Å². The summed E-state index contributed by atoms with van der Waals surface area (Å²) < 4.78 is 10.7. The maximum Gasteiger partial charge on any atom is 0.233 e. The number of hydrogen-bond acceptors (Lipinski definition) is 4. The Labute approximate surface area is 122 Å². The molecule has 1 fully saturated rings. The summed E-state index contributed by atoms with van der Waals surface area (Å²) in [6.07, 6.45) is 0. The first kappa shape index (κ1) is 12.4. The summed E-state index contributed by atoms with van der Waals surface area (Å²) >= 11 is 0. The van der Waals surface area contributed by atoms with Gasteiger partial charge in [-0.2, -0.15) is 0 Å². The lowest BCUT2D eigenvalue weighted by Crippen LogP contribution is -2.50. The maximum atomic E-state index is 12.6. The van der Waals surface area contributed by atoms with Gasteiger partial charge in [-0.1, -0.05) is 23.4 Å². The molecule has 2 aliphatic heterocycles. The van der Waals surface area contributed by atoms with Crippen molar-refractivity contribution < 1.29 is 14.1 Å². The summed E-state index contributed by atoms with van der Waals surface area (Å²) in [7, 11) is 0. The Morgan fingerprint density at radius 1 is 1.33 bits per heavy atom. The van der Waals surface area contributed by atoms with Crippen molar-refractivity contribution in [2.75, 3.05) is 19.7 Å². The Balaban J connectivity index is 1.44. The topological polar surface area (TPSA) is 55.6 Å². The maximum absolute atomic E-state index is 12.6. The van der Waals surface area contributed by atoms with E-state index in [0.29, 0.717) is 25.6 Å². The minimum Gasteiger partial charge on any atom is -0.492 e. The number of carbonyl (C=O) groups excluding carboxylic acids is 1. The molecule has 1 saturated heterocycles. The molecule has 4 rings (SSSR count). The third-order valence-corrected chi connectivity index (χ3v) is 4.26. The molecule has 0 aliphatic carbocycles. The first-order valence-corrected chi connectivity index (χ1v) is 7.16. The number of likely N-dealkylation sites (tertiary alicyclic amines) is 1. The fourth-order valence-corrected chi connectivity index (χ4v) is 3.01. The Morgan fingerprint density at radius 2 is 2.14 bits per heavy atom. The fraction of sp³-hybridized carbons (Fsp3) is 0.375. The van der Waals surface area contributed by atoms with Gasteiger partial charge in [-0.05, 0) is 13.0 Å². The lowest BCUT2D eigenvalue weighted by atomic mass is 9.92. The molecule has 2 aliphatic rings. The van der Waals surface area contributed by atoms with Crippen LogP contribution in [0.3, 0.4) is 0 Å². The quantitative estimate of drug-likeness (QED) is 0.847. The summed E-state index contributed by atoms with van der Waals surface area (Å²) in [6, 6.07) is 9.71. The molecular weight excluding hydrogens is 268 g/mol. The van der Waals surface area contributed by atoms with Crippen molar-refractivity contribution in [2.45, 2.75) is 18.8 Å². The summed E-state index contributed by atoms with van der Waals surface area (Å²) in [5, 5.41) is 4.03. The molecule has 5 nitrogen and oxygen atoms in total. The smallest absolute Gasteiger partial charge is 0.233 e. The number of amides is 1. The molecule has 1 aromatic heterocycles. The Morgan fingerprint density at radius 3 is 2.90 bits per heavy atom. The van der Waals surface area contributed by atoms with Gasteiger partial charge in [0.1, 0.15) is 24.0 Å². The highest BCUT2D eigenvalue weighted by Crippen LogP contribution is 2.37. The van der Waals surface area contributed by atoms with E-state index in [-0.39, 0.29) is 11.8 Å². The highest BCUT2D eigenvalue weighted by Gasteiger charge is 2.39. The van der Waals surface area contributed by atoms with E-state index in [2.05, 4.69) is 5.16 Å². The van der Waals surface area contributed by atoms with Gasteiger partial charge in [-0.3, -0.25) is 4.79 Å². The molecule has 0 spiro atoms. The van der Waals surface area contributed by atoms with Crippen LogP contribution in [0.25, 0.3) is 0 Å². The molecule has 5 heteroatoms. The van der Waals surface area contributed by atoms with Gasteiger partial charge < -0.3 is 14.2 Å². The molecule has 0 saturated carbocycles. The number of fused-ring (bicyclic) bond motifs is 1. The number of nitrogens with zero attached hydrogens (tertiary/aromatic N) is 2. The number of carbonyl (C=O) groups is 1. The second-order valence-corrected chi connectivity index (χ2v) is 5.70. The Bertz CT molecular complexity index is 688. The fourth-order valence-electron chi connectivity index (χ4n) is 3.01. The third-order valence-electron chi connectivity index (χ3n) is 4.26. The first-order valence-electron chi connectivity index (χ1n) is 7.16. The first-order chi connectivity index (χ1) is 10.2. The number of rotatable bonds is 2. The van der Waals surface area contributed by atoms with Crippen LogP contribution in [0.15, 0.2) is 34.9 Å². The minimum atomic E-state index is -0.166. The van der Waals surface area contributed by atoms with Crippen LogP contribution in [-0.2, 0) is 4.79 Å². The average molecular weight is 284 g/mol. The molecular formula is C16H16N2O3. The van der Waals surface area contributed by atoms with Gasteiger partial charge in [-0.15, -0.1) is 0 Å². The number of para-hydroxylation sites is 1. The second-order valence-electron chi connectivity index (χ2n) is 5.70. The standard InChI is InChI=1S/C16H16N2O3/c1-10-6-14(17-21-10)11-7-18(8-11)16(19)13-9-20-15-5-3-2-4-12(13)15/h2-6,11,13H,7-9H2,1H3. The Hall–Kier alpha value is -2.30. The predicted molar refractivity (Wildman–Crippen MR) is 75.2 cm³/mol. The molecule has 21 heavy (non-hydrogen) atoms. The second kappa shape index (κ2) is 4.62.